The monoisotopic (exact) mass is 378 g/mol. The molecule has 0 aromatic carbocycles. The third-order valence-corrected chi connectivity index (χ3v) is 4.37. The lowest BCUT2D eigenvalue weighted by Crippen LogP contribution is -2.27. The van der Waals surface area contributed by atoms with Gasteiger partial charge in [-0.05, 0) is 41.8 Å². The number of halogens is 1. The van der Waals surface area contributed by atoms with E-state index in [2.05, 4.69) is 9.98 Å². The van der Waals surface area contributed by atoms with Gasteiger partial charge in [0.05, 0.1) is 49.6 Å². The molecular weight excluding hydrogens is 359 g/mol. The van der Waals surface area contributed by atoms with Gasteiger partial charge in [-0.25, -0.2) is 4.39 Å². The maximum Gasteiger partial charge on any atom is 0.263 e. The van der Waals surface area contributed by atoms with Gasteiger partial charge in [0.15, 0.2) is 0 Å². The van der Waals surface area contributed by atoms with E-state index < -0.39 is 5.83 Å². The van der Waals surface area contributed by atoms with Gasteiger partial charge >= 0.3 is 0 Å². The minimum absolute atomic E-state index is 0.0643. The van der Waals surface area contributed by atoms with Crippen LogP contribution in [0.2, 0.25) is 0 Å². The van der Waals surface area contributed by atoms with Gasteiger partial charge in [0.1, 0.15) is 5.83 Å². The minimum Gasteiger partial charge on any atom is -0.371 e. The van der Waals surface area contributed by atoms with Crippen LogP contribution in [0.4, 0.5) is 4.39 Å². The molecule has 0 radical (unpaired) electrons. The highest BCUT2D eigenvalue weighted by molar-refractivity contribution is 5.75. The van der Waals surface area contributed by atoms with E-state index in [1.54, 1.807) is 30.6 Å². The number of pyridine rings is 2. The minimum atomic E-state index is -0.470. The van der Waals surface area contributed by atoms with Gasteiger partial charge in [0, 0.05) is 17.8 Å². The molecule has 0 bridgehead atoms. The number of fused-ring (bicyclic) bond motifs is 1. The fraction of sp³-hybridized carbons (Fsp3) is 0.238. The summed E-state index contributed by atoms with van der Waals surface area (Å²) < 4.78 is 20.7. The van der Waals surface area contributed by atoms with Crippen molar-refractivity contribution < 1.29 is 9.13 Å². The Kier molecular flexibility index (Phi) is 6.25. The molecule has 0 amide bonds. The van der Waals surface area contributed by atoms with Crippen molar-refractivity contribution in [2.75, 3.05) is 6.61 Å². The van der Waals surface area contributed by atoms with Crippen LogP contribution in [0.15, 0.2) is 58.4 Å². The zero-order chi connectivity index (χ0) is 19.9. The van der Waals surface area contributed by atoms with Crippen LogP contribution in [0, 0.1) is 11.3 Å². The third kappa shape index (κ3) is 4.13. The van der Waals surface area contributed by atoms with Crippen molar-refractivity contribution in [3.05, 3.63) is 75.7 Å². The van der Waals surface area contributed by atoms with Gasteiger partial charge in [0.25, 0.3) is 5.56 Å². The van der Waals surface area contributed by atoms with Crippen molar-refractivity contribution in [1.29, 1.82) is 5.26 Å². The van der Waals surface area contributed by atoms with E-state index in [0.717, 1.165) is 11.8 Å². The van der Waals surface area contributed by atoms with E-state index in [0.29, 0.717) is 28.9 Å². The number of nitriles is 1. The van der Waals surface area contributed by atoms with E-state index in [9.17, 15) is 9.18 Å². The van der Waals surface area contributed by atoms with Gasteiger partial charge < -0.3 is 4.74 Å². The molecule has 2 aromatic rings. The van der Waals surface area contributed by atoms with Gasteiger partial charge in [0.2, 0.25) is 0 Å². The van der Waals surface area contributed by atoms with Crippen molar-refractivity contribution in [1.82, 2.24) is 9.55 Å². The Morgan fingerprint density at radius 1 is 1.50 bits per heavy atom. The van der Waals surface area contributed by atoms with Crippen LogP contribution in [-0.4, -0.2) is 22.4 Å². The molecule has 0 spiro atoms. The molecule has 0 saturated carbocycles. The first-order chi connectivity index (χ1) is 13.7. The smallest absolute Gasteiger partial charge is 0.263 e. The van der Waals surface area contributed by atoms with E-state index in [4.69, 9.17) is 10.00 Å². The van der Waals surface area contributed by atoms with Crippen LogP contribution in [0.1, 0.15) is 30.2 Å². The highest BCUT2D eigenvalue weighted by Gasteiger charge is 2.18. The number of aliphatic imine (C=N–C) groups is 1. The van der Waals surface area contributed by atoms with Crippen molar-refractivity contribution in [2.24, 2.45) is 4.99 Å². The molecule has 0 N–H and O–H groups in total. The molecule has 3 rings (SSSR count). The number of nitrogens with zero attached hydrogens (tertiary/aromatic N) is 4. The molecule has 2 aromatic heterocycles. The summed E-state index contributed by atoms with van der Waals surface area (Å²) >= 11 is 0. The molecular formula is C21H19FN4O2. The molecule has 1 aliphatic rings. The largest absolute Gasteiger partial charge is 0.371 e. The first-order valence-electron chi connectivity index (χ1n) is 8.86. The summed E-state index contributed by atoms with van der Waals surface area (Å²) in [5.41, 5.74) is 2.71. The van der Waals surface area contributed by atoms with Crippen molar-refractivity contribution in [2.45, 2.75) is 26.5 Å². The number of hydrogen-bond acceptors (Lipinski definition) is 5. The maximum atomic E-state index is 13.6. The van der Waals surface area contributed by atoms with Crippen molar-refractivity contribution in [3.8, 4) is 11.8 Å². The molecule has 0 saturated heterocycles. The zero-order valence-electron chi connectivity index (χ0n) is 15.4. The Morgan fingerprint density at radius 2 is 2.36 bits per heavy atom. The lowest BCUT2D eigenvalue weighted by molar-refractivity contribution is 0.142. The highest BCUT2D eigenvalue weighted by atomic mass is 19.1. The highest BCUT2D eigenvalue weighted by Crippen LogP contribution is 2.22. The van der Waals surface area contributed by atoms with Gasteiger partial charge in [-0.3, -0.25) is 19.3 Å². The molecule has 0 fully saturated rings. The summed E-state index contributed by atoms with van der Waals surface area (Å²) in [5, 5.41) is 9.09. The first-order valence-corrected chi connectivity index (χ1v) is 8.86. The Morgan fingerprint density at radius 3 is 3.07 bits per heavy atom. The molecule has 1 aliphatic heterocycles. The van der Waals surface area contributed by atoms with E-state index in [-0.39, 0.29) is 25.3 Å². The number of allylic oxidation sites excluding steroid dienone is 3. The van der Waals surface area contributed by atoms with E-state index in [1.807, 2.05) is 13.0 Å². The Labute approximate surface area is 161 Å². The van der Waals surface area contributed by atoms with Gasteiger partial charge in [-0.1, -0.05) is 6.92 Å². The average molecular weight is 378 g/mol. The second-order valence-corrected chi connectivity index (χ2v) is 6.11. The molecule has 6 nitrogen and oxygen atoms in total. The number of ether oxygens (including phenoxy) is 1. The topological polar surface area (TPSA) is 80.3 Å². The van der Waals surface area contributed by atoms with Crippen LogP contribution < -0.4 is 5.56 Å². The fourth-order valence-corrected chi connectivity index (χ4v) is 3.02. The van der Waals surface area contributed by atoms with Gasteiger partial charge in [-0.2, -0.15) is 5.26 Å². The second-order valence-electron chi connectivity index (χ2n) is 6.11. The molecule has 0 atom stereocenters. The predicted molar refractivity (Wildman–Crippen MR) is 105 cm³/mol. The summed E-state index contributed by atoms with van der Waals surface area (Å²) in [5.74, 6) is -0.470. The van der Waals surface area contributed by atoms with Crippen LogP contribution >= 0.6 is 0 Å². The summed E-state index contributed by atoms with van der Waals surface area (Å²) in [7, 11) is 0. The lowest BCUT2D eigenvalue weighted by Gasteiger charge is -2.19. The van der Waals surface area contributed by atoms with Crippen molar-refractivity contribution >= 4 is 11.8 Å². The number of hydrogen-bond donors (Lipinski definition) is 0. The van der Waals surface area contributed by atoms with Crippen LogP contribution in [0.3, 0.4) is 0 Å². The summed E-state index contributed by atoms with van der Waals surface area (Å²) in [6.45, 7) is 2.23. The molecule has 7 heteroatoms. The SMILES string of the molecule is CC/C(=C/C#N)c1cc2c(n(-c3cccnc3)c1=O)COC/C=C(/F)C=NC2. The standard InChI is InChI=1S/C21H19FN4O2/c1-2-15(5-7-23)19-10-16-11-25-12-17(22)6-9-28-14-20(16)26(21(19)27)18-4-3-8-24-13-18/h3-6,8,10,12-13H,2,9,11,14H2,1H3/b15-5-,17-6+,25-12?. The lowest BCUT2D eigenvalue weighted by atomic mass is 10.0. The molecule has 0 aliphatic carbocycles. The van der Waals surface area contributed by atoms with Crippen molar-refractivity contribution in [3.63, 3.8) is 0 Å². The molecule has 142 valence electrons. The number of rotatable bonds is 3. The van der Waals surface area contributed by atoms with Crippen LogP contribution in [0.5, 0.6) is 0 Å². The Balaban J connectivity index is 2.29. The van der Waals surface area contributed by atoms with E-state index in [1.165, 1.54) is 16.7 Å². The molecule has 3 heterocycles. The summed E-state index contributed by atoms with van der Waals surface area (Å²) in [6, 6.07) is 7.24. The van der Waals surface area contributed by atoms with Crippen LogP contribution in [0.25, 0.3) is 11.3 Å². The maximum absolute atomic E-state index is 13.6. The normalized spacial score (nSPS) is 16.6. The fourth-order valence-electron chi connectivity index (χ4n) is 3.02. The summed E-state index contributed by atoms with van der Waals surface area (Å²) in [4.78, 5) is 21.6. The average Bonchev–Trinajstić information content (AvgIpc) is 2.71. The Bertz CT molecular complexity index is 1050. The Hall–Kier alpha value is -3.37. The van der Waals surface area contributed by atoms with E-state index >= 15 is 0 Å². The second kappa shape index (κ2) is 9.02. The molecule has 0 unspecified atom stereocenters. The summed E-state index contributed by atoms with van der Waals surface area (Å²) in [6.07, 6.45) is 7.54. The third-order valence-electron chi connectivity index (χ3n) is 4.37. The first kappa shape index (κ1) is 19.4. The zero-order valence-corrected chi connectivity index (χ0v) is 15.4. The predicted octanol–water partition coefficient (Wildman–Crippen LogP) is 3.50. The van der Waals surface area contributed by atoms with Gasteiger partial charge in [-0.15, -0.1) is 0 Å². The van der Waals surface area contributed by atoms with Crippen LogP contribution in [-0.2, 0) is 17.9 Å². The quantitative estimate of drug-likeness (QED) is 0.766. The number of aromatic nitrogens is 2. The molecule has 28 heavy (non-hydrogen) atoms.